The highest BCUT2D eigenvalue weighted by Crippen LogP contribution is 2.39. The van der Waals surface area contributed by atoms with Gasteiger partial charge in [0.2, 0.25) is 5.91 Å². The molecule has 1 amide bonds. The van der Waals surface area contributed by atoms with E-state index in [1.807, 2.05) is 80.7 Å². The van der Waals surface area contributed by atoms with Crippen molar-refractivity contribution in [2.24, 2.45) is 0 Å². The predicted octanol–water partition coefficient (Wildman–Crippen LogP) is 6.14. The maximum atomic E-state index is 12.8. The van der Waals surface area contributed by atoms with E-state index in [1.54, 1.807) is 6.20 Å². The Morgan fingerprint density at radius 1 is 1.08 bits per heavy atom. The number of hydrogen-bond acceptors (Lipinski definition) is 3. The second kappa shape index (κ2) is 10.7. The monoisotopic (exact) mass is 529 g/mol. The summed E-state index contributed by atoms with van der Waals surface area (Å²) in [6.45, 7) is 4.48. The Morgan fingerprint density at radius 2 is 1.89 bits per heavy atom. The number of halogens is 1. The van der Waals surface area contributed by atoms with Crippen LogP contribution in [0.2, 0.25) is 5.02 Å². The Morgan fingerprint density at radius 3 is 2.62 bits per heavy atom. The Hall–Kier alpha value is -3.68. The number of rotatable bonds is 7. The molecule has 0 saturated carbocycles. The van der Waals surface area contributed by atoms with Crippen LogP contribution >= 0.6 is 23.8 Å². The van der Waals surface area contributed by atoms with Crippen molar-refractivity contribution in [1.29, 1.82) is 0 Å². The molecule has 1 aliphatic heterocycles. The third-order valence-corrected chi connectivity index (χ3v) is 7.39. The molecule has 1 aliphatic rings. The fourth-order valence-corrected chi connectivity index (χ4v) is 5.15. The van der Waals surface area contributed by atoms with E-state index in [1.165, 1.54) is 0 Å². The zero-order valence-electron chi connectivity index (χ0n) is 20.7. The van der Waals surface area contributed by atoms with Crippen LogP contribution in [-0.2, 0) is 4.79 Å². The first kappa shape index (κ1) is 25.0. The summed E-state index contributed by atoms with van der Waals surface area (Å²) in [5.41, 5.74) is 5.88. The Bertz CT molecular complexity index is 1420. The fourth-order valence-electron chi connectivity index (χ4n) is 4.70. The largest absolute Gasteiger partial charge is 0.352 e. The van der Waals surface area contributed by atoms with Crippen molar-refractivity contribution in [2.45, 2.75) is 32.4 Å². The lowest BCUT2D eigenvalue weighted by atomic mass is 10.0. The molecular formula is C29H28ClN5OS. The highest BCUT2D eigenvalue weighted by molar-refractivity contribution is 7.80. The van der Waals surface area contributed by atoms with Crippen LogP contribution < -0.4 is 10.6 Å². The quantitative estimate of drug-likeness (QED) is 0.281. The van der Waals surface area contributed by atoms with Gasteiger partial charge in [0, 0.05) is 47.5 Å². The van der Waals surface area contributed by atoms with Gasteiger partial charge in [-0.1, -0.05) is 35.4 Å². The molecule has 2 atom stereocenters. The van der Waals surface area contributed by atoms with Gasteiger partial charge in [0.1, 0.15) is 0 Å². The van der Waals surface area contributed by atoms with Crippen LogP contribution in [0.5, 0.6) is 0 Å². The summed E-state index contributed by atoms with van der Waals surface area (Å²) in [5, 5.41) is 7.79. The maximum Gasteiger partial charge on any atom is 0.226 e. The lowest BCUT2D eigenvalue weighted by Crippen LogP contribution is -2.33. The summed E-state index contributed by atoms with van der Waals surface area (Å²) in [6.07, 6.45) is 4.12. The van der Waals surface area contributed by atoms with Crippen LogP contribution in [0.1, 0.15) is 41.0 Å². The SMILES string of the molecule is Cc1ccc(NC(=O)CCN2C(=S)NC(c3ccccn3)C2c2cccn2-c2ccc(Cl)c(C)c2)cc1. The number of nitrogens with zero attached hydrogens (tertiary/aromatic N) is 3. The topological polar surface area (TPSA) is 62.2 Å². The van der Waals surface area contributed by atoms with Crippen LogP contribution in [0.25, 0.3) is 5.69 Å². The average Bonchev–Trinajstić information content (AvgIpc) is 3.50. The van der Waals surface area contributed by atoms with Gasteiger partial charge in [-0.2, -0.15) is 0 Å². The predicted molar refractivity (Wildman–Crippen MR) is 152 cm³/mol. The van der Waals surface area contributed by atoms with Crippen molar-refractivity contribution in [1.82, 2.24) is 19.8 Å². The van der Waals surface area contributed by atoms with Gasteiger partial charge in [-0.3, -0.25) is 9.78 Å². The number of anilines is 1. The molecule has 2 N–H and O–H groups in total. The van der Waals surface area contributed by atoms with Crippen LogP contribution in [-0.4, -0.2) is 32.0 Å². The van der Waals surface area contributed by atoms with Gasteiger partial charge in [0.25, 0.3) is 0 Å². The number of carbonyl (C=O) groups is 1. The number of amides is 1. The van der Waals surface area contributed by atoms with Gasteiger partial charge in [-0.05, 0) is 86.2 Å². The molecule has 0 radical (unpaired) electrons. The standard InChI is InChI=1S/C29H28ClN5OS/c1-19-8-10-21(11-9-19)32-26(36)14-17-35-28(27(33-29(35)37)24-6-3-4-15-31-24)25-7-5-16-34(25)22-12-13-23(30)20(2)18-22/h3-13,15-16,18,27-28H,14,17H2,1-2H3,(H,32,36)(H,33,37). The van der Waals surface area contributed by atoms with Crippen molar-refractivity contribution in [3.63, 3.8) is 0 Å². The van der Waals surface area contributed by atoms with Gasteiger partial charge >= 0.3 is 0 Å². The third-order valence-electron chi connectivity index (χ3n) is 6.62. The van der Waals surface area contributed by atoms with E-state index >= 15 is 0 Å². The average molecular weight is 530 g/mol. The molecule has 8 heteroatoms. The first-order valence-corrected chi connectivity index (χ1v) is 13.0. The maximum absolute atomic E-state index is 12.8. The molecule has 2 aromatic carbocycles. The molecule has 0 aliphatic carbocycles. The highest BCUT2D eigenvalue weighted by atomic mass is 35.5. The second-order valence-electron chi connectivity index (χ2n) is 9.22. The molecule has 1 fully saturated rings. The molecule has 37 heavy (non-hydrogen) atoms. The van der Waals surface area contributed by atoms with Crippen molar-refractivity contribution in [2.75, 3.05) is 11.9 Å². The van der Waals surface area contributed by atoms with Gasteiger partial charge in [0.05, 0.1) is 17.8 Å². The Labute approximate surface area is 227 Å². The molecule has 6 nitrogen and oxygen atoms in total. The number of aryl methyl sites for hydroxylation is 2. The van der Waals surface area contributed by atoms with E-state index < -0.39 is 0 Å². The highest BCUT2D eigenvalue weighted by Gasteiger charge is 2.41. The van der Waals surface area contributed by atoms with E-state index in [0.29, 0.717) is 18.1 Å². The minimum absolute atomic E-state index is 0.0598. The molecule has 2 unspecified atom stereocenters. The number of hydrogen-bond donors (Lipinski definition) is 2. The fraction of sp³-hybridized carbons (Fsp3) is 0.207. The van der Waals surface area contributed by atoms with Crippen molar-refractivity contribution >= 4 is 40.5 Å². The van der Waals surface area contributed by atoms with E-state index in [4.69, 9.17) is 23.8 Å². The molecule has 2 aromatic heterocycles. The number of benzene rings is 2. The minimum atomic E-state index is -0.170. The van der Waals surface area contributed by atoms with Gasteiger partial charge in [-0.15, -0.1) is 0 Å². The van der Waals surface area contributed by atoms with Crippen LogP contribution in [0.3, 0.4) is 0 Å². The summed E-state index contributed by atoms with van der Waals surface area (Å²) < 4.78 is 2.15. The summed E-state index contributed by atoms with van der Waals surface area (Å²) >= 11 is 12.1. The Kier molecular flexibility index (Phi) is 7.26. The zero-order chi connectivity index (χ0) is 25.9. The lowest BCUT2D eigenvalue weighted by molar-refractivity contribution is -0.116. The number of aromatic nitrogens is 2. The van der Waals surface area contributed by atoms with Crippen molar-refractivity contribution in [3.8, 4) is 5.69 Å². The molecule has 4 aromatic rings. The van der Waals surface area contributed by atoms with Gasteiger partial charge in [0.15, 0.2) is 5.11 Å². The van der Waals surface area contributed by atoms with Crippen molar-refractivity contribution < 1.29 is 4.79 Å². The number of carbonyl (C=O) groups excluding carboxylic acids is 1. The Balaban J connectivity index is 1.44. The second-order valence-corrected chi connectivity index (χ2v) is 10.0. The zero-order valence-corrected chi connectivity index (χ0v) is 22.3. The number of pyridine rings is 1. The van der Waals surface area contributed by atoms with E-state index in [9.17, 15) is 4.79 Å². The minimum Gasteiger partial charge on any atom is -0.352 e. The van der Waals surface area contributed by atoms with Crippen molar-refractivity contribution in [3.05, 3.63) is 113 Å². The summed E-state index contributed by atoms with van der Waals surface area (Å²) in [5.74, 6) is -0.0598. The van der Waals surface area contributed by atoms with E-state index in [0.717, 1.165) is 38.9 Å². The van der Waals surface area contributed by atoms with E-state index in [2.05, 4.69) is 37.2 Å². The molecule has 0 bridgehead atoms. The molecule has 188 valence electrons. The molecule has 1 saturated heterocycles. The lowest BCUT2D eigenvalue weighted by Gasteiger charge is -2.29. The molecule has 3 heterocycles. The summed E-state index contributed by atoms with van der Waals surface area (Å²) in [7, 11) is 0. The van der Waals surface area contributed by atoms with Gasteiger partial charge in [-0.25, -0.2) is 0 Å². The molecular weight excluding hydrogens is 502 g/mol. The summed E-state index contributed by atoms with van der Waals surface area (Å²) in [4.78, 5) is 19.5. The van der Waals surface area contributed by atoms with E-state index in [-0.39, 0.29) is 18.0 Å². The molecule has 5 rings (SSSR count). The van der Waals surface area contributed by atoms with Crippen LogP contribution in [0.15, 0.2) is 85.2 Å². The normalized spacial score (nSPS) is 17.1. The third kappa shape index (κ3) is 5.38. The number of nitrogens with one attached hydrogen (secondary N) is 2. The summed E-state index contributed by atoms with van der Waals surface area (Å²) in [6, 6.07) is 23.4. The van der Waals surface area contributed by atoms with Gasteiger partial charge < -0.3 is 20.1 Å². The molecule has 0 spiro atoms. The number of thiocarbonyl (C=S) groups is 1. The van der Waals surface area contributed by atoms with Crippen LogP contribution in [0.4, 0.5) is 5.69 Å². The first-order chi connectivity index (χ1) is 17.9. The first-order valence-electron chi connectivity index (χ1n) is 12.2. The smallest absolute Gasteiger partial charge is 0.226 e. The van der Waals surface area contributed by atoms with Crippen LogP contribution in [0, 0.1) is 13.8 Å².